The number of nitrogens with zero attached hydrogens (tertiary/aromatic N) is 1. The summed E-state index contributed by atoms with van der Waals surface area (Å²) >= 11 is 0. The highest BCUT2D eigenvalue weighted by Gasteiger charge is 2.22. The fourth-order valence-electron chi connectivity index (χ4n) is 1.01. The SMILES string of the molecule is Nc1cc([N+](=O)[O-])cc(F)c1S(N)(=O)=O. The van der Waals surface area contributed by atoms with Gasteiger partial charge in [0.25, 0.3) is 5.69 Å². The zero-order chi connectivity index (χ0) is 11.8. The number of non-ortho nitro benzene ring substituents is 1. The lowest BCUT2D eigenvalue weighted by atomic mass is 10.3. The number of nitrogen functional groups attached to an aromatic ring is 1. The van der Waals surface area contributed by atoms with Gasteiger partial charge in [-0.3, -0.25) is 10.1 Å². The molecule has 0 aliphatic heterocycles. The summed E-state index contributed by atoms with van der Waals surface area (Å²) in [6.07, 6.45) is 0. The second kappa shape index (κ2) is 3.44. The van der Waals surface area contributed by atoms with E-state index in [0.29, 0.717) is 6.07 Å². The molecule has 9 heteroatoms. The van der Waals surface area contributed by atoms with E-state index in [9.17, 15) is 22.9 Å². The highest BCUT2D eigenvalue weighted by Crippen LogP contribution is 2.26. The average Bonchev–Trinajstić information content (AvgIpc) is 1.99. The van der Waals surface area contributed by atoms with E-state index in [0.717, 1.165) is 6.07 Å². The standard InChI is InChI=1S/C6H6FN3O4S/c7-4-1-3(10(11)12)2-5(8)6(4)15(9,13)14/h1-2H,8H2,(H2,9,13,14). The molecule has 0 fully saturated rings. The molecule has 0 aliphatic carbocycles. The third-order valence-electron chi connectivity index (χ3n) is 1.55. The maximum Gasteiger partial charge on any atom is 0.274 e. The Morgan fingerprint density at radius 2 is 1.93 bits per heavy atom. The number of hydrogen-bond donors (Lipinski definition) is 2. The molecule has 0 heterocycles. The molecule has 1 aromatic carbocycles. The Morgan fingerprint density at radius 3 is 2.27 bits per heavy atom. The van der Waals surface area contributed by atoms with Gasteiger partial charge in [-0.05, 0) is 0 Å². The molecule has 0 atom stereocenters. The summed E-state index contributed by atoms with van der Waals surface area (Å²) in [5, 5.41) is 14.9. The maximum atomic E-state index is 13.1. The molecule has 0 bridgehead atoms. The third-order valence-corrected chi connectivity index (χ3v) is 2.55. The maximum absolute atomic E-state index is 13.1. The van der Waals surface area contributed by atoms with Gasteiger partial charge in [0.15, 0.2) is 5.82 Å². The van der Waals surface area contributed by atoms with E-state index >= 15 is 0 Å². The smallest absolute Gasteiger partial charge is 0.274 e. The van der Waals surface area contributed by atoms with Crippen molar-refractivity contribution in [2.24, 2.45) is 5.14 Å². The number of halogens is 1. The lowest BCUT2D eigenvalue weighted by molar-refractivity contribution is -0.385. The molecule has 15 heavy (non-hydrogen) atoms. The van der Waals surface area contributed by atoms with E-state index in [1.165, 1.54) is 0 Å². The molecule has 1 aromatic rings. The van der Waals surface area contributed by atoms with E-state index in [4.69, 9.17) is 5.73 Å². The van der Waals surface area contributed by atoms with Crippen LogP contribution in [0.5, 0.6) is 0 Å². The van der Waals surface area contributed by atoms with Gasteiger partial charge in [0.05, 0.1) is 16.7 Å². The Hall–Kier alpha value is -1.74. The first-order valence-electron chi connectivity index (χ1n) is 3.49. The molecule has 0 saturated carbocycles. The molecule has 0 spiro atoms. The van der Waals surface area contributed by atoms with E-state index in [1.54, 1.807) is 0 Å². The minimum Gasteiger partial charge on any atom is -0.397 e. The zero-order valence-electron chi connectivity index (χ0n) is 7.18. The lowest BCUT2D eigenvalue weighted by Gasteiger charge is -2.03. The zero-order valence-corrected chi connectivity index (χ0v) is 7.99. The molecule has 82 valence electrons. The minimum atomic E-state index is -4.33. The van der Waals surface area contributed by atoms with Crippen molar-refractivity contribution in [2.75, 3.05) is 5.73 Å². The van der Waals surface area contributed by atoms with Crippen LogP contribution in [0.2, 0.25) is 0 Å². The second-order valence-corrected chi connectivity index (χ2v) is 4.15. The van der Waals surface area contributed by atoms with Gasteiger partial charge in [0.1, 0.15) is 4.90 Å². The lowest BCUT2D eigenvalue weighted by Crippen LogP contribution is -2.16. The van der Waals surface area contributed by atoms with Gasteiger partial charge < -0.3 is 5.73 Å². The van der Waals surface area contributed by atoms with Crippen molar-refractivity contribution in [3.8, 4) is 0 Å². The molecular weight excluding hydrogens is 229 g/mol. The van der Waals surface area contributed by atoms with E-state index in [2.05, 4.69) is 5.14 Å². The number of benzene rings is 1. The monoisotopic (exact) mass is 235 g/mol. The summed E-state index contributed by atoms with van der Waals surface area (Å²) in [6.45, 7) is 0. The Kier molecular flexibility index (Phi) is 2.60. The number of sulfonamides is 1. The van der Waals surface area contributed by atoms with E-state index in [1.807, 2.05) is 0 Å². The molecule has 0 aromatic heterocycles. The number of primary sulfonamides is 1. The van der Waals surface area contributed by atoms with Crippen LogP contribution in [0.3, 0.4) is 0 Å². The fraction of sp³-hybridized carbons (Fsp3) is 0. The van der Waals surface area contributed by atoms with Gasteiger partial charge in [0.2, 0.25) is 10.0 Å². The van der Waals surface area contributed by atoms with Gasteiger partial charge >= 0.3 is 0 Å². The van der Waals surface area contributed by atoms with Crippen LogP contribution in [-0.4, -0.2) is 13.3 Å². The van der Waals surface area contributed by atoms with Crippen LogP contribution in [0, 0.1) is 15.9 Å². The Labute approximate surface area is 83.7 Å². The summed E-state index contributed by atoms with van der Waals surface area (Å²) in [7, 11) is -4.33. The summed E-state index contributed by atoms with van der Waals surface area (Å²) in [5.41, 5.74) is 3.91. The van der Waals surface area contributed by atoms with Crippen molar-refractivity contribution in [3.05, 3.63) is 28.1 Å². The number of nitrogens with two attached hydrogens (primary N) is 2. The van der Waals surface area contributed by atoms with Crippen molar-refractivity contribution >= 4 is 21.4 Å². The van der Waals surface area contributed by atoms with Gasteiger partial charge in [0, 0.05) is 6.07 Å². The van der Waals surface area contributed by atoms with Crippen LogP contribution in [0.15, 0.2) is 17.0 Å². The first kappa shape index (κ1) is 11.3. The Morgan fingerprint density at radius 1 is 1.40 bits per heavy atom. The molecule has 1 rings (SSSR count). The van der Waals surface area contributed by atoms with Gasteiger partial charge in [-0.25, -0.2) is 17.9 Å². The number of rotatable bonds is 2. The van der Waals surface area contributed by atoms with Crippen molar-refractivity contribution in [2.45, 2.75) is 4.90 Å². The van der Waals surface area contributed by atoms with E-state index in [-0.39, 0.29) is 0 Å². The van der Waals surface area contributed by atoms with Crippen LogP contribution < -0.4 is 10.9 Å². The quantitative estimate of drug-likeness (QED) is 0.422. The number of hydrogen-bond acceptors (Lipinski definition) is 5. The predicted molar refractivity (Wildman–Crippen MR) is 48.8 cm³/mol. The molecule has 0 aliphatic rings. The largest absolute Gasteiger partial charge is 0.397 e. The first-order chi connectivity index (χ1) is 6.73. The summed E-state index contributed by atoms with van der Waals surface area (Å²) < 4.78 is 34.8. The fourth-order valence-corrected chi connectivity index (χ4v) is 1.72. The van der Waals surface area contributed by atoms with Crippen LogP contribution in [0.25, 0.3) is 0 Å². The van der Waals surface area contributed by atoms with Crippen LogP contribution in [0.1, 0.15) is 0 Å². The topological polar surface area (TPSA) is 129 Å². The van der Waals surface area contributed by atoms with Crippen molar-refractivity contribution in [1.29, 1.82) is 0 Å². The number of anilines is 1. The van der Waals surface area contributed by atoms with E-state index < -0.39 is 37.0 Å². The predicted octanol–water partition coefficient (Wildman–Crippen LogP) is -0.0365. The normalized spacial score (nSPS) is 11.3. The Bertz CT molecular complexity index is 504. The van der Waals surface area contributed by atoms with Gasteiger partial charge in [-0.15, -0.1) is 0 Å². The number of nitro benzene ring substituents is 1. The first-order valence-corrected chi connectivity index (χ1v) is 5.04. The molecule has 4 N–H and O–H groups in total. The summed E-state index contributed by atoms with van der Waals surface area (Å²) in [6, 6.07) is 1.17. The van der Waals surface area contributed by atoms with Crippen molar-refractivity contribution < 1.29 is 17.7 Å². The second-order valence-electron chi connectivity index (χ2n) is 2.65. The molecule has 7 nitrogen and oxygen atoms in total. The third kappa shape index (κ3) is 2.19. The highest BCUT2D eigenvalue weighted by molar-refractivity contribution is 7.89. The average molecular weight is 235 g/mol. The molecule has 0 unspecified atom stereocenters. The van der Waals surface area contributed by atoms with Gasteiger partial charge in [-0.2, -0.15) is 0 Å². The molecule has 0 radical (unpaired) electrons. The molecular formula is C6H6FN3O4S. The van der Waals surface area contributed by atoms with Crippen molar-refractivity contribution in [1.82, 2.24) is 0 Å². The summed E-state index contributed by atoms with van der Waals surface area (Å²) in [4.78, 5) is 8.44. The number of nitro groups is 1. The Balaban J connectivity index is 3.55. The summed E-state index contributed by atoms with van der Waals surface area (Å²) in [5.74, 6) is -1.34. The molecule has 0 amide bonds. The minimum absolute atomic E-state index is 0.441. The molecule has 0 saturated heterocycles. The van der Waals surface area contributed by atoms with Crippen LogP contribution in [0.4, 0.5) is 15.8 Å². The van der Waals surface area contributed by atoms with Crippen molar-refractivity contribution in [3.63, 3.8) is 0 Å². The van der Waals surface area contributed by atoms with Crippen LogP contribution >= 0.6 is 0 Å². The highest BCUT2D eigenvalue weighted by atomic mass is 32.2. The van der Waals surface area contributed by atoms with Gasteiger partial charge in [-0.1, -0.05) is 0 Å². The van der Waals surface area contributed by atoms with Crippen LogP contribution in [-0.2, 0) is 10.0 Å².